The van der Waals surface area contributed by atoms with Crippen LogP contribution in [0.1, 0.15) is 30.9 Å². The summed E-state index contributed by atoms with van der Waals surface area (Å²) in [5.74, 6) is -0.162. The maximum Gasteiger partial charge on any atom is 0.245 e. The lowest BCUT2D eigenvalue weighted by atomic mass is 9.91. The normalized spacial score (nSPS) is 22.4. The van der Waals surface area contributed by atoms with E-state index >= 15 is 0 Å². The first-order chi connectivity index (χ1) is 8.58. The lowest BCUT2D eigenvalue weighted by Gasteiger charge is -2.37. The zero-order chi connectivity index (χ0) is 12.9. The molecule has 1 aromatic rings. The number of hydrogen-bond acceptors (Lipinski definition) is 3. The van der Waals surface area contributed by atoms with Crippen LogP contribution in [-0.2, 0) is 4.79 Å². The third-order valence-electron chi connectivity index (χ3n) is 4.00. The summed E-state index contributed by atoms with van der Waals surface area (Å²) in [6, 6.07) is 3.71. The number of fused-ring (bicyclic) bond motifs is 1. The Bertz CT molecular complexity index is 513. The average molecular weight is 266 g/mol. The predicted molar refractivity (Wildman–Crippen MR) is 73.1 cm³/mol. The molecule has 1 fully saturated rings. The molecule has 1 aliphatic heterocycles. The number of halogens is 1. The van der Waals surface area contributed by atoms with E-state index in [9.17, 15) is 4.79 Å². The molecule has 1 amide bonds. The molecule has 4 nitrogen and oxygen atoms in total. The maximum absolute atomic E-state index is 11.5. The molecule has 2 aliphatic rings. The molecule has 0 spiro atoms. The van der Waals surface area contributed by atoms with Crippen molar-refractivity contribution < 1.29 is 4.79 Å². The van der Waals surface area contributed by atoms with Crippen LogP contribution in [0.2, 0.25) is 5.02 Å². The van der Waals surface area contributed by atoms with Gasteiger partial charge in [0.15, 0.2) is 0 Å². The Kier molecular flexibility index (Phi) is 2.72. The van der Waals surface area contributed by atoms with Gasteiger partial charge in [-0.1, -0.05) is 11.6 Å². The Labute approximate surface area is 111 Å². The molecule has 18 heavy (non-hydrogen) atoms. The van der Waals surface area contributed by atoms with Crippen LogP contribution in [0.15, 0.2) is 12.1 Å². The summed E-state index contributed by atoms with van der Waals surface area (Å²) in [5, 5.41) is 3.46. The molecule has 0 aromatic heterocycles. The van der Waals surface area contributed by atoms with Crippen molar-refractivity contribution in [1.82, 2.24) is 0 Å². The molecule has 1 unspecified atom stereocenters. The fourth-order valence-corrected chi connectivity index (χ4v) is 2.84. The van der Waals surface area contributed by atoms with Crippen LogP contribution < -0.4 is 16.0 Å². The molecule has 0 saturated heterocycles. The molecule has 96 valence electrons. The molecule has 3 N–H and O–H groups in total. The van der Waals surface area contributed by atoms with E-state index in [2.05, 4.69) is 10.2 Å². The van der Waals surface area contributed by atoms with Crippen molar-refractivity contribution in [2.45, 2.75) is 31.3 Å². The van der Waals surface area contributed by atoms with Gasteiger partial charge in [0, 0.05) is 24.3 Å². The van der Waals surface area contributed by atoms with Crippen LogP contribution in [0.5, 0.6) is 0 Å². The van der Waals surface area contributed by atoms with Crippen molar-refractivity contribution in [2.75, 3.05) is 17.3 Å². The van der Waals surface area contributed by atoms with Gasteiger partial charge >= 0.3 is 0 Å². The highest BCUT2D eigenvalue weighted by Crippen LogP contribution is 2.40. The first-order valence-corrected chi connectivity index (χ1v) is 6.58. The quantitative estimate of drug-likeness (QED) is 0.863. The second kappa shape index (κ2) is 4.14. The number of hydrogen-bond donors (Lipinski definition) is 2. The summed E-state index contributed by atoms with van der Waals surface area (Å²) in [7, 11) is 2.05. The SMILES string of the molecule is CN(c1cc2c(cc1Cl)C(N)C(=O)N2)C1CCC1. The highest BCUT2D eigenvalue weighted by atomic mass is 35.5. The molecular weight excluding hydrogens is 250 g/mol. The second-order valence-electron chi connectivity index (χ2n) is 5.05. The standard InChI is InChI=1S/C13H16ClN3O/c1-17(7-3-2-4-7)11-6-10-8(5-9(11)14)12(15)13(18)16-10/h5-7,12H,2-4,15H2,1H3,(H,16,18). The van der Waals surface area contributed by atoms with Crippen molar-refractivity contribution >= 4 is 28.9 Å². The van der Waals surface area contributed by atoms with Gasteiger partial charge in [-0.05, 0) is 31.4 Å². The van der Waals surface area contributed by atoms with Crippen molar-refractivity contribution in [3.05, 3.63) is 22.7 Å². The smallest absolute Gasteiger partial charge is 0.245 e. The number of carbonyl (C=O) groups excluding carboxylic acids is 1. The van der Waals surface area contributed by atoms with Gasteiger partial charge in [-0.3, -0.25) is 4.79 Å². The number of benzene rings is 1. The van der Waals surface area contributed by atoms with E-state index in [0.29, 0.717) is 11.1 Å². The summed E-state index contributed by atoms with van der Waals surface area (Å²) in [4.78, 5) is 13.7. The Hall–Kier alpha value is -1.26. The number of rotatable bonds is 2. The largest absolute Gasteiger partial charge is 0.370 e. The molecule has 0 radical (unpaired) electrons. The van der Waals surface area contributed by atoms with Gasteiger partial charge in [-0.25, -0.2) is 0 Å². The lowest BCUT2D eigenvalue weighted by molar-refractivity contribution is -0.116. The van der Waals surface area contributed by atoms with Gasteiger partial charge in [-0.2, -0.15) is 0 Å². The Morgan fingerprint density at radius 2 is 2.17 bits per heavy atom. The molecule has 1 heterocycles. The molecule has 3 rings (SSSR count). The molecule has 1 saturated carbocycles. The third kappa shape index (κ3) is 1.68. The second-order valence-corrected chi connectivity index (χ2v) is 5.46. The number of nitrogens with one attached hydrogen (secondary N) is 1. The monoisotopic (exact) mass is 265 g/mol. The van der Waals surface area contributed by atoms with E-state index in [4.69, 9.17) is 17.3 Å². The van der Waals surface area contributed by atoms with Gasteiger partial charge in [0.05, 0.1) is 10.7 Å². The van der Waals surface area contributed by atoms with Gasteiger partial charge in [0.25, 0.3) is 0 Å². The van der Waals surface area contributed by atoms with Crippen molar-refractivity contribution in [1.29, 1.82) is 0 Å². The van der Waals surface area contributed by atoms with E-state index < -0.39 is 6.04 Å². The summed E-state index contributed by atoms with van der Waals surface area (Å²) < 4.78 is 0. The minimum atomic E-state index is -0.597. The van der Waals surface area contributed by atoms with E-state index in [1.54, 1.807) is 0 Å². The first kappa shape index (κ1) is 11.8. The molecule has 1 aromatic carbocycles. The Morgan fingerprint density at radius 1 is 1.44 bits per heavy atom. The minimum absolute atomic E-state index is 0.162. The predicted octanol–water partition coefficient (Wildman–Crippen LogP) is 2.28. The topological polar surface area (TPSA) is 58.4 Å². The Balaban J connectivity index is 1.97. The highest BCUT2D eigenvalue weighted by Gasteiger charge is 2.30. The van der Waals surface area contributed by atoms with Crippen molar-refractivity contribution in [2.24, 2.45) is 5.73 Å². The van der Waals surface area contributed by atoms with Crippen LogP contribution in [0.25, 0.3) is 0 Å². The van der Waals surface area contributed by atoms with Crippen LogP contribution in [0, 0.1) is 0 Å². The maximum atomic E-state index is 11.5. The van der Waals surface area contributed by atoms with Crippen molar-refractivity contribution in [3.8, 4) is 0 Å². The Morgan fingerprint density at radius 3 is 2.78 bits per heavy atom. The zero-order valence-electron chi connectivity index (χ0n) is 10.2. The van der Waals surface area contributed by atoms with Crippen LogP contribution >= 0.6 is 11.6 Å². The van der Waals surface area contributed by atoms with Gasteiger partial charge < -0.3 is 16.0 Å². The molecule has 1 aliphatic carbocycles. The summed E-state index contributed by atoms with van der Waals surface area (Å²) in [6.45, 7) is 0. The number of amides is 1. The molecular formula is C13H16ClN3O. The zero-order valence-corrected chi connectivity index (χ0v) is 11.0. The molecule has 1 atom stereocenters. The van der Waals surface area contributed by atoms with Crippen molar-refractivity contribution in [3.63, 3.8) is 0 Å². The number of carbonyl (C=O) groups is 1. The van der Waals surface area contributed by atoms with Gasteiger partial charge in [-0.15, -0.1) is 0 Å². The number of nitrogens with zero attached hydrogens (tertiary/aromatic N) is 1. The van der Waals surface area contributed by atoms with Gasteiger partial charge in [0.2, 0.25) is 5.91 Å². The van der Waals surface area contributed by atoms with Crippen LogP contribution in [-0.4, -0.2) is 19.0 Å². The van der Waals surface area contributed by atoms with E-state index in [1.165, 1.54) is 19.3 Å². The lowest BCUT2D eigenvalue weighted by Crippen LogP contribution is -2.37. The molecule has 5 heteroatoms. The van der Waals surface area contributed by atoms with Crippen LogP contribution in [0.3, 0.4) is 0 Å². The fraction of sp³-hybridized carbons (Fsp3) is 0.462. The number of nitrogens with two attached hydrogens (primary N) is 1. The first-order valence-electron chi connectivity index (χ1n) is 6.20. The average Bonchev–Trinajstić information content (AvgIpc) is 2.52. The highest BCUT2D eigenvalue weighted by molar-refractivity contribution is 6.33. The summed E-state index contributed by atoms with van der Waals surface area (Å²) >= 11 is 6.30. The van der Waals surface area contributed by atoms with E-state index in [0.717, 1.165) is 16.9 Å². The van der Waals surface area contributed by atoms with E-state index in [1.807, 2.05) is 19.2 Å². The third-order valence-corrected chi connectivity index (χ3v) is 4.30. The minimum Gasteiger partial charge on any atom is -0.370 e. The fourth-order valence-electron chi connectivity index (χ4n) is 2.54. The van der Waals surface area contributed by atoms with Gasteiger partial charge in [0.1, 0.15) is 6.04 Å². The summed E-state index contributed by atoms with van der Waals surface area (Å²) in [5.41, 5.74) is 8.34. The van der Waals surface area contributed by atoms with E-state index in [-0.39, 0.29) is 5.91 Å². The summed E-state index contributed by atoms with van der Waals surface area (Å²) in [6.07, 6.45) is 3.69. The van der Waals surface area contributed by atoms with Crippen LogP contribution in [0.4, 0.5) is 11.4 Å². The number of anilines is 2. The molecule has 0 bridgehead atoms.